The Kier molecular flexibility index (Phi) is 8.18. The summed E-state index contributed by atoms with van der Waals surface area (Å²) in [6.45, 7) is 0.435. The summed E-state index contributed by atoms with van der Waals surface area (Å²) in [4.78, 5) is 24.8. The molecule has 0 heterocycles. The Morgan fingerprint density at radius 2 is 1.66 bits per heavy atom. The van der Waals surface area contributed by atoms with Crippen molar-refractivity contribution in [2.24, 2.45) is 0 Å². The van der Waals surface area contributed by atoms with Gasteiger partial charge in [-0.15, -0.1) is 0 Å². The van der Waals surface area contributed by atoms with Crippen LogP contribution in [0.1, 0.15) is 26.3 Å². The first-order valence-electron chi connectivity index (χ1n) is 9.48. The van der Waals surface area contributed by atoms with Crippen LogP contribution in [0, 0.1) is 0 Å². The van der Waals surface area contributed by atoms with Gasteiger partial charge in [0.25, 0.3) is 11.8 Å². The molecule has 0 bridgehead atoms. The molecule has 0 saturated heterocycles. The number of carbonyl (C=O) groups excluding carboxylic acids is 2. The van der Waals surface area contributed by atoms with E-state index in [1.54, 1.807) is 42.5 Å². The summed E-state index contributed by atoms with van der Waals surface area (Å²) in [7, 11) is 1.47. The predicted octanol–water partition coefficient (Wildman–Crippen LogP) is 3.99. The van der Waals surface area contributed by atoms with Gasteiger partial charge in [-0.3, -0.25) is 25.8 Å². The van der Waals surface area contributed by atoms with E-state index in [1.807, 2.05) is 30.3 Å². The first-order valence-corrected chi connectivity index (χ1v) is 10.7. The van der Waals surface area contributed by atoms with Crippen molar-refractivity contribution in [2.45, 2.75) is 6.61 Å². The first-order chi connectivity index (χ1) is 15.5. The van der Waals surface area contributed by atoms with Crippen molar-refractivity contribution in [1.82, 2.24) is 16.2 Å². The van der Waals surface area contributed by atoms with Crippen molar-refractivity contribution in [2.75, 3.05) is 7.11 Å². The minimum atomic E-state index is -0.477. The van der Waals surface area contributed by atoms with E-state index < -0.39 is 11.8 Å². The van der Waals surface area contributed by atoms with E-state index in [2.05, 4.69) is 32.1 Å². The van der Waals surface area contributed by atoms with Crippen LogP contribution >= 0.6 is 28.1 Å². The van der Waals surface area contributed by atoms with Crippen molar-refractivity contribution in [3.05, 3.63) is 94.0 Å². The van der Waals surface area contributed by atoms with Gasteiger partial charge in [-0.2, -0.15) is 0 Å². The monoisotopic (exact) mass is 513 g/mol. The van der Waals surface area contributed by atoms with Crippen LogP contribution in [0.15, 0.2) is 77.3 Å². The lowest BCUT2D eigenvalue weighted by Crippen LogP contribution is -2.48. The molecular formula is C23H20BrN3O4S. The van der Waals surface area contributed by atoms with Gasteiger partial charge in [0, 0.05) is 10.0 Å². The number of ether oxygens (including phenoxy) is 2. The summed E-state index contributed by atoms with van der Waals surface area (Å²) >= 11 is 8.39. The molecular weight excluding hydrogens is 494 g/mol. The lowest BCUT2D eigenvalue weighted by atomic mass is 10.2. The molecule has 0 radical (unpaired) electrons. The highest BCUT2D eigenvalue weighted by molar-refractivity contribution is 9.10. The maximum absolute atomic E-state index is 12.4. The smallest absolute Gasteiger partial charge is 0.269 e. The molecule has 0 unspecified atom stereocenters. The molecule has 3 aromatic carbocycles. The van der Waals surface area contributed by atoms with E-state index in [0.29, 0.717) is 33.7 Å². The largest absolute Gasteiger partial charge is 0.496 e. The standard InChI is InChI=1S/C23H20BrN3O4S/c1-30-20-12-9-17(24)13-19(20)22(29)25-23(32)27-26-21(28)16-7-10-18(11-8-16)31-14-15-5-3-2-4-6-15/h2-13H,14H2,1H3,(H,26,28)(H2,25,27,29,32). The van der Waals surface area contributed by atoms with Crippen LogP contribution in [0.5, 0.6) is 11.5 Å². The zero-order valence-corrected chi connectivity index (χ0v) is 19.5. The molecule has 3 N–H and O–H groups in total. The van der Waals surface area contributed by atoms with Gasteiger partial charge in [-0.1, -0.05) is 46.3 Å². The van der Waals surface area contributed by atoms with Gasteiger partial charge in [-0.25, -0.2) is 0 Å². The highest BCUT2D eigenvalue weighted by Gasteiger charge is 2.15. The molecule has 164 valence electrons. The average Bonchev–Trinajstić information content (AvgIpc) is 2.82. The van der Waals surface area contributed by atoms with Crippen LogP contribution in [-0.4, -0.2) is 24.0 Å². The minimum Gasteiger partial charge on any atom is -0.496 e. The van der Waals surface area contributed by atoms with Gasteiger partial charge in [0.2, 0.25) is 0 Å². The van der Waals surface area contributed by atoms with Gasteiger partial charge in [-0.05, 0) is 60.2 Å². The highest BCUT2D eigenvalue weighted by atomic mass is 79.9. The second kappa shape index (κ2) is 11.3. The number of thiocarbonyl (C=S) groups is 1. The van der Waals surface area contributed by atoms with Crippen molar-refractivity contribution >= 4 is 45.1 Å². The predicted molar refractivity (Wildman–Crippen MR) is 129 cm³/mol. The van der Waals surface area contributed by atoms with Gasteiger partial charge in [0.05, 0.1) is 12.7 Å². The Hall–Kier alpha value is -3.43. The number of amides is 2. The highest BCUT2D eigenvalue weighted by Crippen LogP contribution is 2.22. The number of hydrazine groups is 1. The van der Waals surface area contributed by atoms with Crippen LogP contribution in [-0.2, 0) is 6.61 Å². The van der Waals surface area contributed by atoms with Crippen LogP contribution in [0.25, 0.3) is 0 Å². The normalized spacial score (nSPS) is 10.1. The van der Waals surface area contributed by atoms with Crippen molar-refractivity contribution in [3.63, 3.8) is 0 Å². The molecule has 0 aliphatic rings. The summed E-state index contributed by atoms with van der Waals surface area (Å²) in [6.07, 6.45) is 0. The Morgan fingerprint density at radius 3 is 2.34 bits per heavy atom. The third-order valence-electron chi connectivity index (χ3n) is 4.29. The molecule has 0 saturated carbocycles. The second-order valence-corrected chi connectivity index (χ2v) is 7.83. The minimum absolute atomic E-state index is 0.0619. The van der Waals surface area contributed by atoms with E-state index in [9.17, 15) is 9.59 Å². The maximum atomic E-state index is 12.4. The zero-order valence-electron chi connectivity index (χ0n) is 17.1. The molecule has 3 rings (SSSR count). The number of halogens is 1. The summed E-state index contributed by atoms with van der Waals surface area (Å²) in [6, 6.07) is 21.5. The lowest BCUT2D eigenvalue weighted by molar-refractivity contribution is 0.0934. The fourth-order valence-corrected chi connectivity index (χ4v) is 3.19. The summed E-state index contributed by atoms with van der Waals surface area (Å²) < 4.78 is 11.6. The van der Waals surface area contributed by atoms with Crippen LogP contribution < -0.4 is 25.6 Å². The quantitative estimate of drug-likeness (QED) is 0.341. The number of carbonyl (C=O) groups is 2. The van der Waals surface area contributed by atoms with Gasteiger partial charge < -0.3 is 9.47 Å². The molecule has 3 aromatic rings. The Morgan fingerprint density at radius 1 is 0.938 bits per heavy atom. The number of benzene rings is 3. The van der Waals surface area contributed by atoms with E-state index in [-0.39, 0.29) is 5.11 Å². The number of rotatable bonds is 6. The zero-order chi connectivity index (χ0) is 22.9. The molecule has 0 aliphatic heterocycles. The van der Waals surface area contributed by atoms with E-state index >= 15 is 0 Å². The Labute approximate surface area is 199 Å². The molecule has 32 heavy (non-hydrogen) atoms. The van der Waals surface area contributed by atoms with E-state index in [0.717, 1.165) is 5.56 Å². The topological polar surface area (TPSA) is 88.7 Å². The molecule has 0 fully saturated rings. The van der Waals surface area contributed by atoms with Crippen LogP contribution in [0.2, 0.25) is 0 Å². The van der Waals surface area contributed by atoms with Gasteiger partial charge in [0.1, 0.15) is 18.1 Å². The summed E-state index contributed by atoms with van der Waals surface area (Å²) in [5.41, 5.74) is 6.70. The van der Waals surface area contributed by atoms with E-state index in [4.69, 9.17) is 21.7 Å². The van der Waals surface area contributed by atoms with Gasteiger partial charge in [0.15, 0.2) is 5.11 Å². The molecule has 9 heteroatoms. The second-order valence-electron chi connectivity index (χ2n) is 6.51. The first kappa shape index (κ1) is 23.2. The number of hydrogen-bond acceptors (Lipinski definition) is 5. The maximum Gasteiger partial charge on any atom is 0.269 e. The van der Waals surface area contributed by atoms with E-state index in [1.165, 1.54) is 7.11 Å². The average molecular weight is 514 g/mol. The van der Waals surface area contributed by atoms with Crippen molar-refractivity contribution in [3.8, 4) is 11.5 Å². The number of methoxy groups -OCH3 is 1. The third-order valence-corrected chi connectivity index (χ3v) is 4.98. The lowest BCUT2D eigenvalue weighted by Gasteiger charge is -2.13. The van der Waals surface area contributed by atoms with Crippen molar-refractivity contribution < 1.29 is 19.1 Å². The van der Waals surface area contributed by atoms with Gasteiger partial charge >= 0.3 is 0 Å². The molecule has 0 atom stereocenters. The molecule has 2 amide bonds. The third kappa shape index (κ3) is 6.53. The Bertz CT molecular complexity index is 1110. The fraction of sp³-hybridized carbons (Fsp3) is 0.0870. The van der Waals surface area contributed by atoms with Crippen molar-refractivity contribution in [1.29, 1.82) is 0 Å². The summed E-state index contributed by atoms with van der Waals surface area (Å²) in [5, 5.41) is 2.43. The molecule has 0 aromatic heterocycles. The fourth-order valence-electron chi connectivity index (χ4n) is 2.69. The summed E-state index contributed by atoms with van der Waals surface area (Å²) in [5.74, 6) is 0.141. The molecule has 7 nitrogen and oxygen atoms in total. The molecule has 0 spiro atoms. The van der Waals surface area contributed by atoms with Crippen LogP contribution in [0.4, 0.5) is 0 Å². The SMILES string of the molecule is COc1ccc(Br)cc1C(=O)NC(=S)NNC(=O)c1ccc(OCc2ccccc2)cc1. The Balaban J connectivity index is 1.49. The molecule has 0 aliphatic carbocycles. The number of hydrogen-bond donors (Lipinski definition) is 3. The van der Waals surface area contributed by atoms with Crippen LogP contribution in [0.3, 0.4) is 0 Å². The number of nitrogens with one attached hydrogen (secondary N) is 3.